The minimum atomic E-state index is -1.14. The summed E-state index contributed by atoms with van der Waals surface area (Å²) in [6.45, 7) is 1.35. The predicted octanol–water partition coefficient (Wildman–Crippen LogP) is 1.08. The highest BCUT2D eigenvalue weighted by Gasteiger charge is 2.18. The third kappa shape index (κ3) is 6.13. The summed E-state index contributed by atoms with van der Waals surface area (Å²) < 4.78 is 0. The van der Waals surface area contributed by atoms with E-state index >= 15 is 0 Å². The number of carboxylic acid groups (broad SMARTS) is 1. The van der Waals surface area contributed by atoms with Crippen LogP contribution in [0.4, 0.5) is 10.5 Å². The minimum Gasteiger partial charge on any atom is -0.480 e. The lowest BCUT2D eigenvalue weighted by Gasteiger charge is -2.21. The molecule has 3 N–H and O–H groups in total. The van der Waals surface area contributed by atoms with Crippen LogP contribution in [-0.2, 0) is 9.59 Å². The Morgan fingerprint density at radius 3 is 2.24 bits per heavy atom. The van der Waals surface area contributed by atoms with Gasteiger partial charge in [0.2, 0.25) is 5.91 Å². The Kier molecular flexibility index (Phi) is 6.48. The summed E-state index contributed by atoms with van der Waals surface area (Å²) in [5.74, 6) is -1.34. The molecule has 3 amide bonds. The number of urea groups is 1. The number of anilines is 1. The zero-order valence-corrected chi connectivity index (χ0v) is 12.2. The van der Waals surface area contributed by atoms with Gasteiger partial charge in [-0.25, -0.2) is 4.79 Å². The number of carboxylic acids is 1. The Bertz CT molecular complexity index is 519. The molecule has 1 aromatic carbocycles. The van der Waals surface area contributed by atoms with Crippen LogP contribution in [0.25, 0.3) is 0 Å². The smallest absolute Gasteiger partial charge is 0.323 e. The number of hydrogen-bond acceptors (Lipinski definition) is 3. The van der Waals surface area contributed by atoms with E-state index in [-0.39, 0.29) is 19.0 Å². The van der Waals surface area contributed by atoms with E-state index in [1.54, 1.807) is 24.3 Å². The Morgan fingerprint density at radius 1 is 1.14 bits per heavy atom. The molecule has 0 saturated carbocycles. The molecule has 8 heteroatoms. The second-order valence-electron chi connectivity index (χ2n) is 4.17. The Morgan fingerprint density at radius 2 is 1.71 bits per heavy atom. The van der Waals surface area contributed by atoms with Crippen molar-refractivity contribution in [2.24, 2.45) is 0 Å². The van der Waals surface area contributed by atoms with Crippen LogP contribution in [0.3, 0.4) is 0 Å². The average molecular weight is 314 g/mol. The summed E-state index contributed by atoms with van der Waals surface area (Å²) in [7, 11) is 0. The summed E-state index contributed by atoms with van der Waals surface area (Å²) in [6, 6.07) is 5.68. The highest BCUT2D eigenvalue weighted by atomic mass is 35.5. The Hall–Kier alpha value is -2.28. The highest BCUT2D eigenvalue weighted by molar-refractivity contribution is 6.30. The van der Waals surface area contributed by atoms with Gasteiger partial charge in [0.25, 0.3) is 0 Å². The number of aliphatic carboxylic acids is 1. The van der Waals surface area contributed by atoms with Gasteiger partial charge in [0, 0.05) is 30.7 Å². The van der Waals surface area contributed by atoms with Gasteiger partial charge in [-0.1, -0.05) is 11.6 Å². The fourth-order valence-electron chi connectivity index (χ4n) is 1.54. The van der Waals surface area contributed by atoms with E-state index in [4.69, 9.17) is 16.7 Å². The van der Waals surface area contributed by atoms with Gasteiger partial charge in [0.15, 0.2) is 0 Å². The number of carbonyl (C=O) groups excluding carboxylic acids is 2. The summed E-state index contributed by atoms with van der Waals surface area (Å²) >= 11 is 5.76. The van der Waals surface area contributed by atoms with Crippen LogP contribution in [0, 0.1) is 0 Å². The van der Waals surface area contributed by atoms with E-state index in [1.165, 1.54) is 6.92 Å². The molecule has 0 aliphatic rings. The molecule has 7 nitrogen and oxygen atoms in total. The zero-order chi connectivity index (χ0) is 15.8. The lowest BCUT2D eigenvalue weighted by Crippen LogP contribution is -2.45. The molecule has 0 saturated heterocycles. The van der Waals surface area contributed by atoms with Crippen LogP contribution < -0.4 is 15.5 Å². The molecule has 0 atom stereocenters. The molecule has 0 radical (unpaired) electrons. The lowest BCUT2D eigenvalue weighted by molar-refractivity contribution is -0.135. The van der Waals surface area contributed by atoms with Crippen LogP contribution >= 0.6 is 11.6 Å². The van der Waals surface area contributed by atoms with E-state index in [0.717, 1.165) is 4.90 Å². The lowest BCUT2D eigenvalue weighted by atomic mass is 10.3. The van der Waals surface area contributed by atoms with Crippen molar-refractivity contribution in [2.45, 2.75) is 6.92 Å². The molecule has 0 bridgehead atoms. The van der Waals surface area contributed by atoms with Gasteiger partial charge in [-0.3, -0.25) is 14.5 Å². The second kappa shape index (κ2) is 8.11. The van der Waals surface area contributed by atoms with Crippen molar-refractivity contribution >= 4 is 35.2 Å². The van der Waals surface area contributed by atoms with Gasteiger partial charge >= 0.3 is 12.0 Å². The molecule has 1 rings (SSSR count). The Balaban J connectivity index is 2.68. The molecule has 0 spiro atoms. The number of hydrogen-bond donors (Lipinski definition) is 3. The maximum Gasteiger partial charge on any atom is 0.323 e. The molecule has 21 heavy (non-hydrogen) atoms. The first-order chi connectivity index (χ1) is 9.90. The van der Waals surface area contributed by atoms with Crippen molar-refractivity contribution < 1.29 is 19.5 Å². The monoisotopic (exact) mass is 313 g/mol. The number of nitrogens with one attached hydrogen (secondary N) is 2. The van der Waals surface area contributed by atoms with Crippen molar-refractivity contribution in [3.8, 4) is 0 Å². The van der Waals surface area contributed by atoms with Crippen LogP contribution in [0.15, 0.2) is 24.3 Å². The van der Waals surface area contributed by atoms with Crippen molar-refractivity contribution in [1.29, 1.82) is 0 Å². The maximum absolute atomic E-state index is 12.0. The van der Waals surface area contributed by atoms with Gasteiger partial charge in [0.1, 0.15) is 6.54 Å². The number of halogens is 1. The predicted molar refractivity (Wildman–Crippen MR) is 78.5 cm³/mol. The minimum absolute atomic E-state index is 0.197. The maximum atomic E-state index is 12.0. The summed E-state index contributed by atoms with van der Waals surface area (Å²) in [6.07, 6.45) is 0. The standard InChI is InChI=1S/C13H16ClN3O4/c1-9(18)15-6-7-16-13(21)17(8-12(19)20)11-4-2-10(14)3-5-11/h2-5H,6-8H2,1H3,(H,15,18)(H,16,21)(H,19,20). The Labute approximate surface area is 126 Å². The van der Waals surface area contributed by atoms with Crippen LogP contribution in [0.1, 0.15) is 6.92 Å². The van der Waals surface area contributed by atoms with Crippen molar-refractivity contribution in [3.63, 3.8) is 0 Å². The molecule has 0 fully saturated rings. The first kappa shape index (κ1) is 16.8. The molecule has 0 aromatic heterocycles. The largest absolute Gasteiger partial charge is 0.480 e. The molecule has 0 aliphatic carbocycles. The number of carbonyl (C=O) groups is 3. The summed E-state index contributed by atoms with van der Waals surface area (Å²) in [4.78, 5) is 34.7. The van der Waals surface area contributed by atoms with E-state index in [2.05, 4.69) is 10.6 Å². The van der Waals surface area contributed by atoms with Gasteiger partial charge in [-0.15, -0.1) is 0 Å². The number of amides is 3. The van der Waals surface area contributed by atoms with Gasteiger partial charge in [0.05, 0.1) is 0 Å². The molecule has 114 valence electrons. The van der Waals surface area contributed by atoms with Gasteiger partial charge in [-0.05, 0) is 24.3 Å². The van der Waals surface area contributed by atoms with E-state index < -0.39 is 18.5 Å². The topological polar surface area (TPSA) is 98.7 Å². The molecule has 0 aliphatic heterocycles. The highest BCUT2D eigenvalue weighted by Crippen LogP contribution is 2.17. The third-order valence-electron chi connectivity index (χ3n) is 2.45. The molecule has 0 heterocycles. The molecular formula is C13H16ClN3O4. The molecular weight excluding hydrogens is 298 g/mol. The average Bonchev–Trinajstić information content (AvgIpc) is 2.41. The van der Waals surface area contributed by atoms with Gasteiger partial charge in [-0.2, -0.15) is 0 Å². The van der Waals surface area contributed by atoms with Crippen LogP contribution in [-0.4, -0.2) is 42.6 Å². The quantitative estimate of drug-likeness (QED) is 0.684. The zero-order valence-electron chi connectivity index (χ0n) is 11.4. The number of benzene rings is 1. The summed E-state index contributed by atoms with van der Waals surface area (Å²) in [5.41, 5.74) is 0.416. The van der Waals surface area contributed by atoms with E-state index in [0.29, 0.717) is 10.7 Å². The first-order valence-corrected chi connectivity index (χ1v) is 6.55. The fourth-order valence-corrected chi connectivity index (χ4v) is 1.67. The first-order valence-electron chi connectivity index (χ1n) is 6.17. The third-order valence-corrected chi connectivity index (χ3v) is 2.70. The normalized spacial score (nSPS) is 9.81. The molecule has 1 aromatic rings. The number of nitrogens with zero attached hydrogens (tertiary/aromatic N) is 1. The van der Waals surface area contributed by atoms with Crippen molar-refractivity contribution in [2.75, 3.05) is 24.5 Å². The van der Waals surface area contributed by atoms with Crippen LogP contribution in [0.5, 0.6) is 0 Å². The molecule has 0 unspecified atom stereocenters. The fraction of sp³-hybridized carbons (Fsp3) is 0.308. The SMILES string of the molecule is CC(=O)NCCNC(=O)N(CC(=O)O)c1ccc(Cl)cc1. The van der Waals surface area contributed by atoms with Crippen molar-refractivity contribution in [1.82, 2.24) is 10.6 Å². The van der Waals surface area contributed by atoms with Gasteiger partial charge < -0.3 is 15.7 Å². The van der Waals surface area contributed by atoms with E-state index in [9.17, 15) is 14.4 Å². The number of rotatable bonds is 6. The second-order valence-corrected chi connectivity index (χ2v) is 4.61. The summed E-state index contributed by atoms with van der Waals surface area (Å²) in [5, 5.41) is 14.4. The van der Waals surface area contributed by atoms with Crippen molar-refractivity contribution in [3.05, 3.63) is 29.3 Å². The van der Waals surface area contributed by atoms with E-state index in [1.807, 2.05) is 0 Å². The van der Waals surface area contributed by atoms with Crippen LogP contribution in [0.2, 0.25) is 5.02 Å².